The van der Waals surface area contributed by atoms with Gasteiger partial charge >= 0.3 is 54.2 Å². The molecule has 44 valence electrons. The summed E-state index contributed by atoms with van der Waals surface area (Å²) in [5, 5.41) is 0. The fourth-order valence-corrected chi connectivity index (χ4v) is 1.92. The molecular weight excluding hydrogens is 167 g/mol. The number of rotatable bonds is 0. The predicted octanol–water partition coefficient (Wildman–Crippen LogP) is -0.655. The number of nitrogens with two attached hydrogens (primary N) is 2. The van der Waals surface area contributed by atoms with Crippen molar-refractivity contribution in [3.8, 4) is 0 Å². The Bertz CT molecular complexity index is 123. The van der Waals surface area contributed by atoms with E-state index in [0.29, 0.717) is 15.0 Å². The maximum absolute atomic E-state index is 5.49. The predicted molar refractivity (Wildman–Crippen MR) is 35.1 cm³/mol. The van der Waals surface area contributed by atoms with Crippen LogP contribution in [0.4, 0.5) is 0 Å². The van der Waals surface area contributed by atoms with Crippen LogP contribution < -0.4 is 11.5 Å². The first kappa shape index (κ1) is 6.05. The summed E-state index contributed by atoms with van der Waals surface area (Å²) in [5.74, 6) is 0. The molecule has 4 N–H and O–H groups in total. The number of hydrogen-bond acceptors (Lipinski definition) is 2. The normalized spacial score (nSPS) is 23.8. The Balaban J connectivity index is 2.69. The number of hydrogen-bond donors (Lipinski definition) is 2. The fourth-order valence-electron chi connectivity index (χ4n) is 0.415. The summed E-state index contributed by atoms with van der Waals surface area (Å²) >= 11 is 0.488. The van der Waals surface area contributed by atoms with Gasteiger partial charge in [-0.05, 0) is 0 Å². The Morgan fingerprint density at radius 2 is 1.62 bits per heavy atom. The van der Waals surface area contributed by atoms with Crippen LogP contribution in [0, 0.1) is 0 Å². The van der Waals surface area contributed by atoms with Crippen molar-refractivity contribution < 1.29 is 0 Å². The molecule has 0 radical (unpaired) electrons. The third kappa shape index (κ3) is 1.46. The van der Waals surface area contributed by atoms with Gasteiger partial charge in [0.15, 0.2) is 0 Å². The van der Waals surface area contributed by atoms with Gasteiger partial charge in [0.1, 0.15) is 0 Å². The molecule has 0 aromatic rings. The van der Waals surface area contributed by atoms with Gasteiger partial charge in [-0.3, -0.25) is 0 Å². The van der Waals surface area contributed by atoms with Gasteiger partial charge < -0.3 is 0 Å². The molecular formula is C5H8N2Se. The van der Waals surface area contributed by atoms with Crippen LogP contribution in [0.2, 0.25) is 0 Å². The van der Waals surface area contributed by atoms with Gasteiger partial charge in [-0.2, -0.15) is 0 Å². The summed E-state index contributed by atoms with van der Waals surface area (Å²) in [4.78, 5) is 4.04. The molecule has 1 rings (SSSR count). The van der Waals surface area contributed by atoms with Crippen LogP contribution in [0.1, 0.15) is 0 Å². The molecule has 1 aliphatic rings. The van der Waals surface area contributed by atoms with Gasteiger partial charge in [-0.1, -0.05) is 0 Å². The first-order valence-corrected chi connectivity index (χ1v) is 4.27. The molecule has 0 unspecified atom stereocenters. The minimum absolute atomic E-state index is 0.488. The summed E-state index contributed by atoms with van der Waals surface area (Å²) in [5.41, 5.74) is 10.3. The quantitative estimate of drug-likeness (QED) is 0.379. The fraction of sp³-hybridized carbons (Fsp3) is 0.200. The topological polar surface area (TPSA) is 52.0 Å². The molecule has 1 heterocycles. The summed E-state index contributed by atoms with van der Waals surface area (Å²) in [6.07, 6.45) is 3.65. The summed E-state index contributed by atoms with van der Waals surface area (Å²) in [6, 6.07) is 0. The van der Waals surface area contributed by atoms with Crippen molar-refractivity contribution in [2.24, 2.45) is 11.5 Å². The van der Waals surface area contributed by atoms with E-state index in [1.807, 2.05) is 22.1 Å². The van der Waals surface area contributed by atoms with Crippen LogP contribution in [0.15, 0.2) is 22.1 Å². The van der Waals surface area contributed by atoms with Crippen LogP contribution in [-0.2, 0) is 0 Å². The zero-order chi connectivity index (χ0) is 6.04. The third-order valence-corrected chi connectivity index (χ3v) is 2.10. The van der Waals surface area contributed by atoms with Crippen molar-refractivity contribution in [1.29, 1.82) is 0 Å². The first-order valence-electron chi connectivity index (χ1n) is 2.29. The molecule has 0 saturated heterocycles. The second-order valence-electron chi connectivity index (χ2n) is 1.74. The molecule has 3 heteroatoms. The minimum atomic E-state index is -0.667. The zero-order valence-electron chi connectivity index (χ0n) is 4.37. The standard InChI is InChI=1S/C5H8N2Se/c6-5(7)1-3-8-4-2-5/h1-4H,6-7H2. The Morgan fingerprint density at radius 1 is 1.12 bits per heavy atom. The zero-order valence-corrected chi connectivity index (χ0v) is 6.09. The van der Waals surface area contributed by atoms with E-state index in [0.717, 1.165) is 0 Å². The van der Waals surface area contributed by atoms with E-state index >= 15 is 0 Å². The van der Waals surface area contributed by atoms with Crippen LogP contribution in [0.3, 0.4) is 0 Å². The molecule has 8 heavy (non-hydrogen) atoms. The van der Waals surface area contributed by atoms with Gasteiger partial charge in [-0.25, -0.2) is 0 Å². The van der Waals surface area contributed by atoms with Crippen molar-refractivity contribution >= 4 is 15.0 Å². The molecule has 0 aromatic carbocycles. The molecule has 2 nitrogen and oxygen atoms in total. The maximum atomic E-state index is 5.49. The van der Waals surface area contributed by atoms with Crippen molar-refractivity contribution in [3.05, 3.63) is 22.1 Å². The Labute approximate surface area is 54.8 Å². The Hall–Kier alpha value is -0.0805. The summed E-state index contributed by atoms with van der Waals surface area (Å²) in [7, 11) is 0. The van der Waals surface area contributed by atoms with Crippen LogP contribution in [-0.4, -0.2) is 20.6 Å². The van der Waals surface area contributed by atoms with E-state index in [-0.39, 0.29) is 0 Å². The van der Waals surface area contributed by atoms with Crippen molar-refractivity contribution in [1.82, 2.24) is 0 Å². The van der Waals surface area contributed by atoms with E-state index in [2.05, 4.69) is 0 Å². The average molecular weight is 175 g/mol. The van der Waals surface area contributed by atoms with Crippen molar-refractivity contribution in [2.75, 3.05) is 0 Å². The Morgan fingerprint density at radius 3 is 1.88 bits per heavy atom. The molecule has 0 aliphatic carbocycles. The first-order chi connectivity index (χ1) is 3.71. The third-order valence-electron chi connectivity index (χ3n) is 0.871. The van der Waals surface area contributed by atoms with Crippen molar-refractivity contribution in [3.63, 3.8) is 0 Å². The molecule has 0 spiro atoms. The van der Waals surface area contributed by atoms with E-state index < -0.39 is 5.66 Å². The Kier molecular flexibility index (Phi) is 1.54. The average Bonchev–Trinajstić information content (AvgIpc) is 1.65. The van der Waals surface area contributed by atoms with Crippen LogP contribution in [0.25, 0.3) is 0 Å². The van der Waals surface area contributed by atoms with E-state index in [1.165, 1.54) is 0 Å². The van der Waals surface area contributed by atoms with Gasteiger partial charge in [-0.15, -0.1) is 0 Å². The summed E-state index contributed by atoms with van der Waals surface area (Å²) < 4.78 is 0. The second kappa shape index (κ2) is 2.03. The molecule has 0 atom stereocenters. The second-order valence-corrected chi connectivity index (χ2v) is 3.45. The van der Waals surface area contributed by atoms with Crippen molar-refractivity contribution in [2.45, 2.75) is 5.66 Å². The van der Waals surface area contributed by atoms with E-state index in [4.69, 9.17) is 11.5 Å². The van der Waals surface area contributed by atoms with Gasteiger partial charge in [0.25, 0.3) is 0 Å². The molecule has 0 fully saturated rings. The van der Waals surface area contributed by atoms with Crippen LogP contribution >= 0.6 is 0 Å². The van der Waals surface area contributed by atoms with E-state index in [9.17, 15) is 0 Å². The van der Waals surface area contributed by atoms with Gasteiger partial charge in [0.05, 0.1) is 0 Å². The van der Waals surface area contributed by atoms with Crippen LogP contribution in [0.5, 0.6) is 0 Å². The van der Waals surface area contributed by atoms with Gasteiger partial charge in [0, 0.05) is 0 Å². The van der Waals surface area contributed by atoms with E-state index in [1.54, 1.807) is 0 Å². The molecule has 0 bridgehead atoms. The molecule has 1 aliphatic heterocycles. The molecule has 0 aromatic heterocycles. The molecule has 0 saturated carbocycles. The van der Waals surface area contributed by atoms with Gasteiger partial charge in [0.2, 0.25) is 0 Å². The SMILES string of the molecule is NC1(N)C=C[Se]C=C1. The summed E-state index contributed by atoms with van der Waals surface area (Å²) in [6.45, 7) is 0. The molecule has 0 amide bonds. The monoisotopic (exact) mass is 176 g/mol.